The first kappa shape index (κ1) is 18.1. The second-order valence-electron chi connectivity index (χ2n) is 5.27. The maximum Gasteiger partial charge on any atom is 0.433 e. The van der Waals surface area contributed by atoms with Crippen molar-refractivity contribution in [1.29, 1.82) is 0 Å². The molecule has 3 aromatic rings. The van der Waals surface area contributed by atoms with E-state index in [-0.39, 0.29) is 24.7 Å². The van der Waals surface area contributed by atoms with E-state index in [1.54, 1.807) is 24.3 Å². The van der Waals surface area contributed by atoms with E-state index >= 15 is 0 Å². The third-order valence-electron chi connectivity index (χ3n) is 3.57. The van der Waals surface area contributed by atoms with E-state index in [1.807, 2.05) is 0 Å². The van der Waals surface area contributed by atoms with E-state index in [0.717, 1.165) is 9.36 Å². The Morgan fingerprint density at radius 1 is 1.33 bits per heavy atom. The quantitative estimate of drug-likeness (QED) is 0.372. The minimum absolute atomic E-state index is 0.00324. The third kappa shape index (κ3) is 3.77. The Labute approximate surface area is 151 Å². The molecule has 11 nitrogen and oxygen atoms in total. The Morgan fingerprint density at radius 3 is 2.67 bits per heavy atom. The number of nitrogens with zero attached hydrogens (tertiary/aromatic N) is 5. The number of hydrogen-bond donors (Lipinski definition) is 1. The van der Waals surface area contributed by atoms with Crippen LogP contribution in [0.25, 0.3) is 11.4 Å². The highest BCUT2D eigenvalue weighted by Crippen LogP contribution is 2.20. The molecule has 0 bridgehead atoms. The molecule has 2 heterocycles. The highest BCUT2D eigenvalue weighted by molar-refractivity contribution is 5.76. The van der Waals surface area contributed by atoms with Crippen LogP contribution in [0, 0.1) is 10.1 Å². The van der Waals surface area contributed by atoms with Gasteiger partial charge in [0, 0.05) is 5.56 Å². The van der Waals surface area contributed by atoms with Crippen molar-refractivity contribution in [1.82, 2.24) is 14.5 Å². The number of benzene rings is 1. The monoisotopic (exact) mass is 373 g/mol. The summed E-state index contributed by atoms with van der Waals surface area (Å²) in [5.74, 6) is 0.529. The standard InChI is InChI=1S/C16H15N5O6/c1-26-12-4-2-11(3-5-12)15-18-19(8-9-22)16(23)20(15)17-10-13-6-7-14(27-13)21(24)25/h2-7,10,22H,8-9H2,1H3/b17-10+. The number of nitro groups is 1. The minimum atomic E-state index is -0.675. The third-order valence-corrected chi connectivity index (χ3v) is 3.57. The molecule has 0 saturated carbocycles. The van der Waals surface area contributed by atoms with E-state index < -0.39 is 16.5 Å². The van der Waals surface area contributed by atoms with E-state index in [0.29, 0.717) is 11.3 Å². The number of aliphatic hydroxyl groups is 1. The summed E-state index contributed by atoms with van der Waals surface area (Å²) in [4.78, 5) is 22.5. The Bertz CT molecular complexity index is 1030. The van der Waals surface area contributed by atoms with Crippen LogP contribution >= 0.6 is 0 Å². The molecular formula is C16H15N5O6. The predicted molar refractivity (Wildman–Crippen MR) is 93.9 cm³/mol. The lowest BCUT2D eigenvalue weighted by Gasteiger charge is -2.02. The molecule has 0 aliphatic rings. The lowest BCUT2D eigenvalue weighted by molar-refractivity contribution is -0.402. The zero-order valence-electron chi connectivity index (χ0n) is 14.2. The Kier molecular flexibility index (Phi) is 5.13. The molecule has 140 valence electrons. The lowest BCUT2D eigenvalue weighted by atomic mass is 10.2. The maximum absolute atomic E-state index is 12.5. The molecule has 3 rings (SSSR count). The van der Waals surface area contributed by atoms with Crippen LogP contribution in [0.3, 0.4) is 0 Å². The fourth-order valence-electron chi connectivity index (χ4n) is 2.29. The fraction of sp³-hybridized carbons (Fsp3) is 0.188. The van der Waals surface area contributed by atoms with Crippen molar-refractivity contribution in [2.24, 2.45) is 5.10 Å². The molecule has 1 aromatic carbocycles. The molecule has 0 spiro atoms. The summed E-state index contributed by atoms with van der Waals surface area (Å²) in [6.07, 6.45) is 1.17. The summed E-state index contributed by atoms with van der Waals surface area (Å²) in [5, 5.41) is 28.0. The molecule has 0 atom stereocenters. The van der Waals surface area contributed by atoms with Crippen LogP contribution in [0.4, 0.5) is 5.88 Å². The number of aliphatic hydroxyl groups excluding tert-OH is 1. The SMILES string of the molecule is COc1ccc(-c2nn(CCO)c(=O)n2/N=C/c2ccc([N+](=O)[O-])o2)cc1. The average Bonchev–Trinajstić information content (AvgIpc) is 3.26. The van der Waals surface area contributed by atoms with Crippen LogP contribution in [0.2, 0.25) is 0 Å². The van der Waals surface area contributed by atoms with Crippen molar-refractivity contribution >= 4 is 12.1 Å². The Balaban J connectivity index is 2.02. The van der Waals surface area contributed by atoms with Crippen LogP contribution in [0.15, 0.2) is 50.7 Å². The normalized spacial score (nSPS) is 11.2. The summed E-state index contributed by atoms with van der Waals surface area (Å²) < 4.78 is 12.2. The molecule has 0 unspecified atom stereocenters. The van der Waals surface area contributed by atoms with E-state index in [9.17, 15) is 14.9 Å². The highest BCUT2D eigenvalue weighted by atomic mass is 16.6. The van der Waals surface area contributed by atoms with Gasteiger partial charge in [-0.25, -0.2) is 9.48 Å². The Morgan fingerprint density at radius 2 is 2.07 bits per heavy atom. The first-order chi connectivity index (χ1) is 13.0. The molecule has 27 heavy (non-hydrogen) atoms. The molecule has 0 aliphatic heterocycles. The predicted octanol–water partition coefficient (Wildman–Crippen LogP) is 1.10. The van der Waals surface area contributed by atoms with E-state index in [4.69, 9.17) is 14.3 Å². The minimum Gasteiger partial charge on any atom is -0.497 e. The summed E-state index contributed by atoms with van der Waals surface area (Å²) in [7, 11) is 1.54. The zero-order chi connectivity index (χ0) is 19.4. The summed E-state index contributed by atoms with van der Waals surface area (Å²) >= 11 is 0. The number of aromatic nitrogens is 3. The van der Waals surface area contributed by atoms with Crippen LogP contribution < -0.4 is 10.4 Å². The van der Waals surface area contributed by atoms with Gasteiger partial charge in [0.15, 0.2) is 11.6 Å². The molecule has 2 aromatic heterocycles. The number of methoxy groups -OCH3 is 1. The van der Waals surface area contributed by atoms with Gasteiger partial charge in [-0.3, -0.25) is 10.1 Å². The van der Waals surface area contributed by atoms with Crippen molar-refractivity contribution in [3.8, 4) is 17.1 Å². The molecule has 0 aliphatic carbocycles. The molecule has 0 radical (unpaired) electrons. The highest BCUT2D eigenvalue weighted by Gasteiger charge is 2.15. The van der Waals surface area contributed by atoms with Gasteiger partial charge in [-0.1, -0.05) is 0 Å². The number of rotatable bonds is 7. The summed E-state index contributed by atoms with van der Waals surface area (Å²) in [6.45, 7) is -0.274. The molecule has 0 fully saturated rings. The van der Waals surface area contributed by atoms with Gasteiger partial charge in [0.2, 0.25) is 0 Å². The van der Waals surface area contributed by atoms with Gasteiger partial charge in [-0.15, -0.1) is 5.10 Å². The topological polar surface area (TPSA) is 138 Å². The van der Waals surface area contributed by atoms with Crippen molar-refractivity contribution in [2.45, 2.75) is 6.54 Å². The van der Waals surface area contributed by atoms with E-state index in [1.165, 1.54) is 25.5 Å². The van der Waals surface area contributed by atoms with Gasteiger partial charge in [-0.05, 0) is 30.3 Å². The molecule has 0 amide bonds. The largest absolute Gasteiger partial charge is 0.497 e. The van der Waals surface area contributed by atoms with Crippen molar-refractivity contribution in [2.75, 3.05) is 13.7 Å². The number of furan rings is 1. The van der Waals surface area contributed by atoms with Crippen LogP contribution in [-0.4, -0.2) is 44.4 Å². The second kappa shape index (κ2) is 7.66. The van der Waals surface area contributed by atoms with Crippen LogP contribution in [0.5, 0.6) is 5.75 Å². The second-order valence-corrected chi connectivity index (χ2v) is 5.27. The van der Waals surface area contributed by atoms with Crippen molar-refractivity contribution in [3.63, 3.8) is 0 Å². The fourth-order valence-corrected chi connectivity index (χ4v) is 2.29. The Hall–Kier alpha value is -3.73. The first-order valence-electron chi connectivity index (χ1n) is 7.77. The zero-order valence-corrected chi connectivity index (χ0v) is 14.2. The maximum atomic E-state index is 12.5. The van der Waals surface area contributed by atoms with Gasteiger partial charge >= 0.3 is 11.6 Å². The van der Waals surface area contributed by atoms with Crippen LogP contribution in [-0.2, 0) is 6.54 Å². The molecule has 11 heteroatoms. The van der Waals surface area contributed by atoms with Gasteiger partial charge < -0.3 is 14.3 Å². The van der Waals surface area contributed by atoms with Crippen molar-refractivity contribution in [3.05, 3.63) is 62.8 Å². The van der Waals surface area contributed by atoms with Gasteiger partial charge in [0.05, 0.1) is 32.5 Å². The number of hydrogen-bond acceptors (Lipinski definition) is 8. The average molecular weight is 373 g/mol. The molecule has 0 saturated heterocycles. The first-order valence-corrected chi connectivity index (χ1v) is 7.77. The molecular weight excluding hydrogens is 358 g/mol. The summed E-state index contributed by atoms with van der Waals surface area (Å²) in [6, 6.07) is 9.35. The van der Waals surface area contributed by atoms with Gasteiger partial charge in [-0.2, -0.15) is 9.78 Å². The van der Waals surface area contributed by atoms with Crippen LogP contribution in [0.1, 0.15) is 5.76 Å². The van der Waals surface area contributed by atoms with Crippen molar-refractivity contribution < 1.29 is 19.2 Å². The summed E-state index contributed by atoms with van der Waals surface area (Å²) in [5.41, 5.74) is 0.0133. The molecule has 1 N–H and O–H groups in total. The van der Waals surface area contributed by atoms with E-state index in [2.05, 4.69) is 10.2 Å². The van der Waals surface area contributed by atoms with Gasteiger partial charge in [0.25, 0.3) is 0 Å². The number of ether oxygens (including phenoxy) is 1. The lowest BCUT2D eigenvalue weighted by Crippen LogP contribution is -2.24. The smallest absolute Gasteiger partial charge is 0.433 e. The van der Waals surface area contributed by atoms with Gasteiger partial charge in [0.1, 0.15) is 10.7 Å².